The van der Waals surface area contributed by atoms with E-state index in [2.05, 4.69) is 10.7 Å². The van der Waals surface area contributed by atoms with Crippen LogP contribution >= 0.6 is 0 Å². The number of nitrogens with zero attached hydrogens (tertiary/aromatic N) is 1. The van der Waals surface area contributed by atoms with E-state index in [0.717, 1.165) is 0 Å². The minimum absolute atomic E-state index is 0. The highest BCUT2D eigenvalue weighted by Gasteiger charge is 1.82. The highest BCUT2D eigenvalue weighted by Crippen LogP contribution is 2.03. The number of hydrogen-bond donors (Lipinski definition) is 1. The second-order valence-corrected chi connectivity index (χ2v) is 1.57. The molecule has 0 aliphatic carbocycles. The molecule has 0 amide bonds. The van der Waals surface area contributed by atoms with Crippen LogP contribution in [0, 0.1) is 4.91 Å². The maximum absolute atomic E-state index is 9.61. The summed E-state index contributed by atoms with van der Waals surface area (Å²) >= 11 is 0. The molecule has 10 heavy (non-hydrogen) atoms. The van der Waals surface area contributed by atoms with Crippen LogP contribution in [0.15, 0.2) is 35.6 Å². The van der Waals surface area contributed by atoms with Gasteiger partial charge in [-0.15, -0.1) is 4.91 Å². The van der Waals surface area contributed by atoms with Gasteiger partial charge in [-0.05, 0) is 12.1 Å². The van der Waals surface area contributed by atoms with Crippen LogP contribution in [0.3, 0.4) is 0 Å². The molecular formula is C6H9AlN2O. The van der Waals surface area contributed by atoms with E-state index in [1.165, 1.54) is 0 Å². The molecule has 4 heteroatoms. The maximum Gasteiger partial charge on any atom is 0.187 e. The van der Waals surface area contributed by atoms with Crippen LogP contribution in [0.25, 0.3) is 0 Å². The molecular weight excluding hydrogens is 143 g/mol. The molecule has 0 radical (unpaired) electrons. The van der Waals surface area contributed by atoms with Crippen LogP contribution in [0.5, 0.6) is 0 Å². The van der Waals surface area contributed by atoms with Gasteiger partial charge >= 0.3 is 0 Å². The third-order valence-electron chi connectivity index (χ3n) is 0.949. The summed E-state index contributed by atoms with van der Waals surface area (Å²) in [5, 5.41) is 2.51. The number of para-hydroxylation sites is 1. The summed E-state index contributed by atoms with van der Waals surface area (Å²) in [5.41, 5.74) is 2.99. The van der Waals surface area contributed by atoms with E-state index in [1.807, 2.05) is 18.2 Å². The van der Waals surface area contributed by atoms with Gasteiger partial charge in [0.25, 0.3) is 0 Å². The summed E-state index contributed by atoms with van der Waals surface area (Å²) in [6.07, 6.45) is 0. The van der Waals surface area contributed by atoms with Crippen LogP contribution in [0.1, 0.15) is 0 Å². The topological polar surface area (TPSA) is 41.5 Å². The summed E-state index contributed by atoms with van der Waals surface area (Å²) in [6, 6.07) is 9.06. The van der Waals surface area contributed by atoms with Crippen molar-refractivity contribution in [2.24, 2.45) is 5.29 Å². The molecule has 0 saturated carbocycles. The largest absolute Gasteiger partial charge is 0.242 e. The highest BCUT2D eigenvalue weighted by molar-refractivity contribution is 5.75. The summed E-state index contributed by atoms with van der Waals surface area (Å²) < 4.78 is 0. The standard InChI is InChI=1S/C6H6N2O.Al.3H/c9-8-7-6-4-2-1-3-5-6;;;;/h1-5H,(H,7,9);;;;. The van der Waals surface area contributed by atoms with E-state index >= 15 is 0 Å². The molecule has 0 aromatic heterocycles. The van der Waals surface area contributed by atoms with Gasteiger partial charge in [0.2, 0.25) is 0 Å². The van der Waals surface area contributed by atoms with Gasteiger partial charge in [0.15, 0.2) is 17.4 Å². The number of benzene rings is 1. The van der Waals surface area contributed by atoms with E-state index < -0.39 is 0 Å². The summed E-state index contributed by atoms with van der Waals surface area (Å²) in [5.74, 6) is 0. The van der Waals surface area contributed by atoms with Gasteiger partial charge in [-0.25, -0.2) is 5.43 Å². The molecule has 0 atom stereocenters. The molecule has 0 aliphatic heterocycles. The molecule has 1 aromatic rings. The van der Waals surface area contributed by atoms with Crippen LogP contribution < -0.4 is 5.43 Å². The van der Waals surface area contributed by atoms with E-state index in [4.69, 9.17) is 0 Å². The lowest BCUT2D eigenvalue weighted by Crippen LogP contribution is -1.82. The summed E-state index contributed by atoms with van der Waals surface area (Å²) in [6.45, 7) is 0. The first-order chi connectivity index (χ1) is 4.43. The summed E-state index contributed by atoms with van der Waals surface area (Å²) in [7, 11) is 0. The van der Waals surface area contributed by atoms with Gasteiger partial charge in [-0.1, -0.05) is 18.2 Å². The minimum Gasteiger partial charge on any atom is -0.242 e. The monoisotopic (exact) mass is 152 g/mol. The first-order valence-electron chi connectivity index (χ1n) is 2.57. The Hall–Kier alpha value is -0.848. The van der Waals surface area contributed by atoms with Gasteiger partial charge in [0.1, 0.15) is 0 Å². The smallest absolute Gasteiger partial charge is 0.187 e. The Labute approximate surface area is 69.5 Å². The van der Waals surface area contributed by atoms with Crippen molar-refractivity contribution >= 4 is 23.0 Å². The van der Waals surface area contributed by atoms with Gasteiger partial charge in [-0.3, -0.25) is 0 Å². The molecule has 3 nitrogen and oxygen atoms in total. The predicted octanol–water partition coefficient (Wildman–Crippen LogP) is 0.596. The number of nitroso groups, excluding NO2 is 1. The lowest BCUT2D eigenvalue weighted by atomic mass is 10.3. The van der Waals surface area contributed by atoms with Crippen molar-refractivity contribution in [1.29, 1.82) is 0 Å². The van der Waals surface area contributed by atoms with Crippen LogP contribution in [-0.4, -0.2) is 17.4 Å². The first kappa shape index (κ1) is 9.15. The molecule has 52 valence electrons. The third kappa shape index (κ3) is 2.63. The van der Waals surface area contributed by atoms with Gasteiger partial charge in [0, 0.05) is 0 Å². The lowest BCUT2D eigenvalue weighted by molar-refractivity contribution is 1.32. The zero-order valence-electron chi connectivity index (χ0n) is 4.74. The second kappa shape index (κ2) is 4.98. The molecule has 1 rings (SSSR count). The Morgan fingerprint density at radius 3 is 2.30 bits per heavy atom. The Morgan fingerprint density at radius 1 is 1.20 bits per heavy atom. The number of hydrogen-bond acceptors (Lipinski definition) is 2. The van der Waals surface area contributed by atoms with Crippen LogP contribution in [0.2, 0.25) is 0 Å². The van der Waals surface area contributed by atoms with Gasteiger partial charge < -0.3 is 0 Å². The zero-order valence-corrected chi connectivity index (χ0v) is 4.74. The van der Waals surface area contributed by atoms with Crippen molar-refractivity contribution in [3.63, 3.8) is 0 Å². The van der Waals surface area contributed by atoms with Crippen molar-refractivity contribution in [1.82, 2.24) is 0 Å². The maximum atomic E-state index is 9.61. The molecule has 1 aromatic carbocycles. The second-order valence-electron chi connectivity index (χ2n) is 1.57. The fourth-order valence-electron chi connectivity index (χ4n) is 0.565. The molecule has 0 heterocycles. The molecule has 0 bridgehead atoms. The summed E-state index contributed by atoms with van der Waals surface area (Å²) in [4.78, 5) is 9.61. The number of nitrogens with one attached hydrogen (secondary N) is 1. The Balaban J connectivity index is 0.000000810. The van der Waals surface area contributed by atoms with E-state index in [-0.39, 0.29) is 17.4 Å². The third-order valence-corrected chi connectivity index (χ3v) is 0.949. The average molecular weight is 152 g/mol. The van der Waals surface area contributed by atoms with Crippen molar-refractivity contribution < 1.29 is 0 Å². The zero-order chi connectivity index (χ0) is 6.53. The van der Waals surface area contributed by atoms with Gasteiger partial charge in [0.05, 0.1) is 11.0 Å². The van der Waals surface area contributed by atoms with Crippen molar-refractivity contribution in [3.8, 4) is 0 Å². The van der Waals surface area contributed by atoms with Gasteiger partial charge in [-0.2, -0.15) is 0 Å². The number of rotatable bonds is 2. The predicted molar refractivity (Wildman–Crippen MR) is 45.8 cm³/mol. The first-order valence-corrected chi connectivity index (χ1v) is 2.57. The lowest BCUT2D eigenvalue weighted by Gasteiger charge is -1.91. The Bertz CT molecular complexity index is 190. The molecule has 1 N–H and O–H groups in total. The fraction of sp³-hybridized carbons (Fsp3) is 0. The van der Waals surface area contributed by atoms with E-state index in [1.54, 1.807) is 12.1 Å². The quantitative estimate of drug-likeness (QED) is 0.383. The van der Waals surface area contributed by atoms with E-state index in [0.29, 0.717) is 5.69 Å². The minimum atomic E-state index is 0. The van der Waals surface area contributed by atoms with Crippen molar-refractivity contribution in [2.75, 3.05) is 5.43 Å². The number of anilines is 1. The molecule has 0 spiro atoms. The van der Waals surface area contributed by atoms with Crippen molar-refractivity contribution in [2.45, 2.75) is 0 Å². The molecule has 0 fully saturated rings. The molecule has 0 unspecified atom stereocenters. The molecule has 0 aliphatic rings. The van der Waals surface area contributed by atoms with Crippen LogP contribution in [0.4, 0.5) is 5.69 Å². The van der Waals surface area contributed by atoms with E-state index in [9.17, 15) is 4.91 Å². The van der Waals surface area contributed by atoms with Crippen LogP contribution in [-0.2, 0) is 0 Å². The van der Waals surface area contributed by atoms with Crippen molar-refractivity contribution in [3.05, 3.63) is 35.2 Å². The Kier molecular flexibility index (Phi) is 4.56. The Morgan fingerprint density at radius 2 is 1.80 bits per heavy atom. The normalized spacial score (nSPS) is 7.60. The SMILES string of the molecule is O=NNc1ccccc1.[AlH3]. The highest BCUT2D eigenvalue weighted by atomic mass is 27.0. The fourth-order valence-corrected chi connectivity index (χ4v) is 0.565. The average Bonchev–Trinajstić information content (AvgIpc) is 1.91. The molecule has 0 saturated heterocycles.